The maximum Gasteiger partial charge on any atom is 0.335 e. The zero-order chi connectivity index (χ0) is 26.8. The normalized spacial score (nSPS) is 10.7. The Kier molecular flexibility index (Phi) is 9.45. The van der Waals surface area contributed by atoms with E-state index in [0.29, 0.717) is 11.1 Å². The molecule has 36 heavy (non-hydrogen) atoms. The molecule has 2 aromatic carbocycles. The highest BCUT2D eigenvalue weighted by atomic mass is 16.6. The summed E-state index contributed by atoms with van der Waals surface area (Å²) in [5.74, 6) is -2.85. The molecule has 0 saturated carbocycles. The van der Waals surface area contributed by atoms with Crippen molar-refractivity contribution in [1.82, 2.24) is 0 Å². The summed E-state index contributed by atoms with van der Waals surface area (Å²) in [6.07, 6.45) is 3.92. The van der Waals surface area contributed by atoms with E-state index >= 15 is 0 Å². The summed E-state index contributed by atoms with van der Waals surface area (Å²) in [5.41, 5.74) is 2.79. The lowest BCUT2D eigenvalue weighted by molar-refractivity contribution is -0.131. The molecule has 0 aliphatic rings. The number of hydrogen-bond acceptors (Lipinski definition) is 8. The van der Waals surface area contributed by atoms with Gasteiger partial charge in [-0.25, -0.2) is 19.2 Å². The highest BCUT2D eigenvalue weighted by molar-refractivity contribution is 5.92. The second kappa shape index (κ2) is 12.5. The van der Waals surface area contributed by atoms with Crippen LogP contribution in [0.15, 0.2) is 87.0 Å². The van der Waals surface area contributed by atoms with Crippen LogP contribution in [-0.4, -0.2) is 23.9 Å². The van der Waals surface area contributed by atoms with Crippen molar-refractivity contribution in [3.63, 3.8) is 0 Å². The molecule has 0 saturated heterocycles. The molecule has 0 spiro atoms. The SMILES string of the molecule is C=CC(=O)Oc1ccc(/C(C)=C(\C)c2ccc(OC(=O)C=C)c(OC(=O)C=C)c2)cc1OC(=O)C=C. The standard InChI is InChI=1S/C28H24O8/c1-7-25(29)33-21-13-11-19(15-23(21)35-27(31)9-3)17(5)18(6)20-12-14-22(34-26(30)8-2)24(16-20)36-28(32)10-4/h7-16H,1-4H2,5-6H3/b18-17+. The van der Waals surface area contributed by atoms with E-state index in [0.717, 1.165) is 35.5 Å². The summed E-state index contributed by atoms with van der Waals surface area (Å²) >= 11 is 0. The maximum atomic E-state index is 11.8. The van der Waals surface area contributed by atoms with Crippen LogP contribution in [0.5, 0.6) is 23.0 Å². The minimum Gasteiger partial charge on any atom is -0.419 e. The van der Waals surface area contributed by atoms with Crippen LogP contribution in [0.3, 0.4) is 0 Å². The van der Waals surface area contributed by atoms with E-state index in [9.17, 15) is 19.2 Å². The number of allylic oxidation sites excluding steroid dienone is 2. The van der Waals surface area contributed by atoms with Crippen molar-refractivity contribution in [2.75, 3.05) is 0 Å². The van der Waals surface area contributed by atoms with Crippen molar-refractivity contribution in [2.45, 2.75) is 13.8 Å². The molecular formula is C28H24O8. The van der Waals surface area contributed by atoms with Gasteiger partial charge in [0.15, 0.2) is 23.0 Å². The number of carbonyl (C=O) groups is 4. The van der Waals surface area contributed by atoms with E-state index < -0.39 is 23.9 Å². The first-order valence-electron chi connectivity index (χ1n) is 10.5. The first-order valence-corrected chi connectivity index (χ1v) is 10.5. The smallest absolute Gasteiger partial charge is 0.335 e. The molecule has 0 unspecified atom stereocenters. The van der Waals surface area contributed by atoms with Gasteiger partial charge in [-0.05, 0) is 60.4 Å². The molecule has 2 aromatic rings. The van der Waals surface area contributed by atoms with Crippen LogP contribution >= 0.6 is 0 Å². The molecule has 0 heterocycles. The Morgan fingerprint density at radius 3 is 1.08 bits per heavy atom. The van der Waals surface area contributed by atoms with Crippen LogP contribution in [0.25, 0.3) is 11.1 Å². The number of hydrogen-bond donors (Lipinski definition) is 0. The van der Waals surface area contributed by atoms with Gasteiger partial charge >= 0.3 is 23.9 Å². The van der Waals surface area contributed by atoms with Gasteiger partial charge in [-0.15, -0.1) is 0 Å². The van der Waals surface area contributed by atoms with Crippen molar-refractivity contribution >= 4 is 35.0 Å². The Balaban J connectivity index is 2.56. The zero-order valence-electron chi connectivity index (χ0n) is 19.9. The fraction of sp³-hybridized carbons (Fsp3) is 0.0714. The topological polar surface area (TPSA) is 105 Å². The molecule has 0 amide bonds. The lowest BCUT2D eigenvalue weighted by Crippen LogP contribution is -2.09. The largest absolute Gasteiger partial charge is 0.419 e. The van der Waals surface area contributed by atoms with Gasteiger partial charge in [-0.3, -0.25) is 0 Å². The molecule has 2 rings (SSSR count). The number of carbonyl (C=O) groups excluding carboxylic acids is 4. The van der Waals surface area contributed by atoms with E-state index in [-0.39, 0.29) is 23.0 Å². The lowest BCUT2D eigenvalue weighted by atomic mass is 9.96. The van der Waals surface area contributed by atoms with Gasteiger partial charge in [0.1, 0.15) is 0 Å². The first kappa shape index (κ1) is 27.3. The third-order valence-electron chi connectivity index (χ3n) is 4.82. The fourth-order valence-corrected chi connectivity index (χ4v) is 2.84. The maximum absolute atomic E-state index is 11.8. The van der Waals surface area contributed by atoms with Crippen molar-refractivity contribution in [3.8, 4) is 23.0 Å². The van der Waals surface area contributed by atoms with E-state index in [2.05, 4.69) is 26.3 Å². The monoisotopic (exact) mass is 488 g/mol. The first-order chi connectivity index (χ1) is 17.1. The quantitative estimate of drug-likeness (QED) is 0.199. The molecule has 0 aliphatic heterocycles. The Hall–Kier alpha value is -4.98. The summed E-state index contributed by atoms with van der Waals surface area (Å²) in [7, 11) is 0. The van der Waals surface area contributed by atoms with Crippen LogP contribution in [0.4, 0.5) is 0 Å². The summed E-state index contributed by atoms with van der Waals surface area (Å²) in [6.45, 7) is 17.1. The second-order valence-electron chi connectivity index (χ2n) is 7.07. The predicted octanol–water partition coefficient (Wildman–Crippen LogP) is 5.00. The van der Waals surface area contributed by atoms with Crippen LogP contribution in [0, 0.1) is 0 Å². The molecule has 0 atom stereocenters. The van der Waals surface area contributed by atoms with Crippen LogP contribution in [-0.2, 0) is 19.2 Å². The fourth-order valence-electron chi connectivity index (χ4n) is 2.84. The van der Waals surface area contributed by atoms with Crippen molar-refractivity contribution in [2.24, 2.45) is 0 Å². The summed E-state index contributed by atoms with van der Waals surface area (Å²) < 4.78 is 20.8. The molecule has 8 nitrogen and oxygen atoms in total. The van der Waals surface area contributed by atoms with Gasteiger partial charge in [-0.2, -0.15) is 0 Å². The van der Waals surface area contributed by atoms with Gasteiger partial charge in [0.05, 0.1) is 0 Å². The molecule has 8 heteroatoms. The van der Waals surface area contributed by atoms with Crippen LogP contribution in [0.1, 0.15) is 25.0 Å². The number of esters is 4. The van der Waals surface area contributed by atoms with E-state index in [1.165, 1.54) is 24.3 Å². The second-order valence-corrected chi connectivity index (χ2v) is 7.07. The number of ether oxygens (including phenoxy) is 4. The number of benzene rings is 2. The summed E-state index contributed by atoms with van der Waals surface area (Å²) in [6, 6.07) is 9.38. The van der Waals surface area contributed by atoms with Gasteiger partial charge in [0.2, 0.25) is 0 Å². The molecule has 0 aromatic heterocycles. The van der Waals surface area contributed by atoms with Gasteiger partial charge in [0, 0.05) is 24.3 Å². The third kappa shape index (κ3) is 7.01. The van der Waals surface area contributed by atoms with Crippen molar-refractivity contribution in [3.05, 3.63) is 98.1 Å². The van der Waals surface area contributed by atoms with Gasteiger partial charge in [-0.1, -0.05) is 38.4 Å². The minimum absolute atomic E-state index is 0.00652. The van der Waals surface area contributed by atoms with Crippen molar-refractivity contribution < 1.29 is 38.1 Å². The van der Waals surface area contributed by atoms with Gasteiger partial charge < -0.3 is 18.9 Å². The average molecular weight is 488 g/mol. The van der Waals surface area contributed by atoms with E-state index in [1.807, 2.05) is 13.8 Å². The Morgan fingerprint density at radius 2 is 0.806 bits per heavy atom. The van der Waals surface area contributed by atoms with E-state index in [1.54, 1.807) is 12.1 Å². The highest BCUT2D eigenvalue weighted by Gasteiger charge is 2.16. The molecule has 184 valence electrons. The Bertz CT molecular complexity index is 1200. The molecule has 0 radical (unpaired) electrons. The van der Waals surface area contributed by atoms with Crippen LogP contribution < -0.4 is 18.9 Å². The Morgan fingerprint density at radius 1 is 0.528 bits per heavy atom. The predicted molar refractivity (Wildman–Crippen MR) is 134 cm³/mol. The van der Waals surface area contributed by atoms with Gasteiger partial charge in [0.25, 0.3) is 0 Å². The Labute approximate surface area is 208 Å². The highest BCUT2D eigenvalue weighted by Crippen LogP contribution is 2.36. The zero-order valence-corrected chi connectivity index (χ0v) is 19.9. The molecule has 0 fully saturated rings. The van der Waals surface area contributed by atoms with Crippen LogP contribution in [0.2, 0.25) is 0 Å². The summed E-state index contributed by atoms with van der Waals surface area (Å²) in [5, 5.41) is 0. The third-order valence-corrected chi connectivity index (χ3v) is 4.82. The molecular weight excluding hydrogens is 464 g/mol. The summed E-state index contributed by atoms with van der Waals surface area (Å²) in [4.78, 5) is 46.9. The van der Waals surface area contributed by atoms with E-state index in [4.69, 9.17) is 18.9 Å². The van der Waals surface area contributed by atoms with Crippen molar-refractivity contribution in [1.29, 1.82) is 0 Å². The molecule has 0 bridgehead atoms. The molecule has 0 aliphatic carbocycles. The minimum atomic E-state index is -0.736. The molecule has 0 N–H and O–H groups in total. The number of rotatable bonds is 10. The average Bonchev–Trinajstić information content (AvgIpc) is 2.89. The lowest BCUT2D eigenvalue weighted by Gasteiger charge is -2.15.